The molecule has 234 valence electrons. The van der Waals surface area contributed by atoms with E-state index in [4.69, 9.17) is 0 Å². The smallest absolute Gasteiger partial charge is 0.251 e. The van der Waals surface area contributed by atoms with Crippen molar-refractivity contribution in [1.82, 2.24) is 25.1 Å². The van der Waals surface area contributed by atoms with Gasteiger partial charge < -0.3 is 20.4 Å². The van der Waals surface area contributed by atoms with Gasteiger partial charge >= 0.3 is 0 Å². The van der Waals surface area contributed by atoms with E-state index in [0.29, 0.717) is 11.4 Å². The molecule has 2 aliphatic rings. The van der Waals surface area contributed by atoms with Crippen LogP contribution in [0, 0.1) is 0 Å². The minimum atomic E-state index is -0.327. The van der Waals surface area contributed by atoms with Crippen molar-refractivity contribution in [1.29, 1.82) is 0 Å². The molecule has 2 aliphatic heterocycles. The lowest BCUT2D eigenvalue weighted by molar-refractivity contribution is -0.139. The predicted molar refractivity (Wildman–Crippen MR) is 180 cm³/mol. The van der Waals surface area contributed by atoms with Gasteiger partial charge in [0.25, 0.3) is 5.91 Å². The van der Waals surface area contributed by atoms with Crippen molar-refractivity contribution in [2.24, 2.45) is 0 Å². The normalized spacial score (nSPS) is 19.5. The largest absolute Gasteiger partial charge is 0.369 e. The number of hydrogen-bond acceptors (Lipinski definition) is 7. The van der Waals surface area contributed by atoms with Crippen LogP contribution in [-0.2, 0) is 10.2 Å². The zero-order valence-corrected chi connectivity index (χ0v) is 26.9. The Kier molecular flexibility index (Phi) is 8.46. The SMILES string of the molecule is CN1CCN(C)C(c2ccc(Nc3cc(N4CCCC(NC(=O)c5ccc(C(C)(C)C)cc5)C4)cc4cccnc34)nc2)C1=O. The molecule has 4 heterocycles. The Morgan fingerprint density at radius 3 is 2.49 bits per heavy atom. The maximum atomic E-state index is 13.1. The molecule has 9 heteroatoms. The highest BCUT2D eigenvalue weighted by Crippen LogP contribution is 2.33. The van der Waals surface area contributed by atoms with E-state index in [9.17, 15) is 9.59 Å². The van der Waals surface area contributed by atoms with E-state index in [0.717, 1.165) is 66.9 Å². The van der Waals surface area contributed by atoms with Crippen LogP contribution < -0.4 is 15.5 Å². The van der Waals surface area contributed by atoms with Gasteiger partial charge in [-0.1, -0.05) is 45.0 Å². The lowest BCUT2D eigenvalue weighted by Crippen LogP contribution is -2.49. The first-order chi connectivity index (χ1) is 21.6. The quantitative estimate of drug-likeness (QED) is 0.299. The molecule has 0 radical (unpaired) electrons. The number of piperidine rings is 1. The summed E-state index contributed by atoms with van der Waals surface area (Å²) >= 11 is 0. The summed E-state index contributed by atoms with van der Waals surface area (Å²) in [4.78, 5) is 41.5. The Balaban J connectivity index is 1.19. The van der Waals surface area contributed by atoms with Crippen molar-refractivity contribution in [2.45, 2.75) is 51.1 Å². The molecular weight excluding hydrogens is 562 g/mol. The number of amides is 2. The maximum absolute atomic E-state index is 13.1. The Bertz CT molecular complexity index is 1680. The van der Waals surface area contributed by atoms with Crippen molar-refractivity contribution in [2.75, 3.05) is 50.5 Å². The molecule has 2 fully saturated rings. The molecule has 0 saturated carbocycles. The average Bonchev–Trinajstić information content (AvgIpc) is 3.03. The molecule has 6 rings (SSSR count). The van der Waals surface area contributed by atoms with Gasteiger partial charge in [0.1, 0.15) is 11.9 Å². The van der Waals surface area contributed by atoms with E-state index < -0.39 is 0 Å². The lowest BCUT2D eigenvalue weighted by atomic mass is 9.86. The van der Waals surface area contributed by atoms with Crippen LogP contribution in [0.25, 0.3) is 10.9 Å². The first-order valence-electron chi connectivity index (χ1n) is 15.8. The molecule has 2 aromatic heterocycles. The molecule has 0 bridgehead atoms. The zero-order valence-electron chi connectivity index (χ0n) is 26.9. The highest BCUT2D eigenvalue weighted by Gasteiger charge is 2.32. The molecule has 2 amide bonds. The van der Waals surface area contributed by atoms with E-state index >= 15 is 0 Å². The molecule has 2 saturated heterocycles. The predicted octanol–water partition coefficient (Wildman–Crippen LogP) is 5.51. The third-order valence-corrected chi connectivity index (χ3v) is 9.03. The zero-order chi connectivity index (χ0) is 31.7. The Hall–Kier alpha value is -4.50. The number of fused-ring (bicyclic) bond motifs is 1. The van der Waals surface area contributed by atoms with Crippen LogP contribution in [0.15, 0.2) is 73.1 Å². The van der Waals surface area contributed by atoms with Gasteiger partial charge in [-0.3, -0.25) is 19.5 Å². The van der Waals surface area contributed by atoms with Gasteiger partial charge in [-0.05, 0) is 72.8 Å². The third-order valence-electron chi connectivity index (χ3n) is 9.03. The fourth-order valence-corrected chi connectivity index (χ4v) is 6.29. The highest BCUT2D eigenvalue weighted by atomic mass is 16.2. The number of rotatable bonds is 6. The fraction of sp³-hybridized carbons (Fsp3) is 0.389. The van der Waals surface area contributed by atoms with E-state index in [1.807, 2.05) is 44.4 Å². The summed E-state index contributed by atoms with van der Waals surface area (Å²) in [6.07, 6.45) is 5.50. The van der Waals surface area contributed by atoms with Crippen LogP contribution in [-0.4, -0.2) is 77.9 Å². The summed E-state index contributed by atoms with van der Waals surface area (Å²) in [6, 6.07) is 19.9. The maximum Gasteiger partial charge on any atom is 0.251 e. The molecule has 4 aromatic rings. The summed E-state index contributed by atoms with van der Waals surface area (Å²) < 4.78 is 0. The van der Waals surface area contributed by atoms with E-state index in [-0.39, 0.29) is 29.3 Å². The van der Waals surface area contributed by atoms with Gasteiger partial charge in [0.05, 0.1) is 11.2 Å². The summed E-state index contributed by atoms with van der Waals surface area (Å²) in [6.45, 7) is 9.70. The van der Waals surface area contributed by atoms with Crippen LogP contribution in [0.4, 0.5) is 17.2 Å². The van der Waals surface area contributed by atoms with Crippen LogP contribution >= 0.6 is 0 Å². The second-order valence-electron chi connectivity index (χ2n) is 13.4. The van der Waals surface area contributed by atoms with Crippen molar-refractivity contribution in [3.63, 3.8) is 0 Å². The van der Waals surface area contributed by atoms with E-state index in [1.54, 1.807) is 17.3 Å². The first kappa shape index (κ1) is 30.5. The van der Waals surface area contributed by atoms with Gasteiger partial charge in [-0.2, -0.15) is 0 Å². The monoisotopic (exact) mass is 605 g/mol. The second-order valence-corrected chi connectivity index (χ2v) is 13.4. The molecule has 9 nitrogen and oxygen atoms in total. The molecule has 2 N–H and O–H groups in total. The number of likely N-dealkylation sites (N-methyl/N-ethyl adjacent to an activating group) is 2. The molecule has 2 aromatic carbocycles. The minimum Gasteiger partial charge on any atom is -0.369 e. The molecule has 0 spiro atoms. The lowest BCUT2D eigenvalue weighted by Gasteiger charge is -2.36. The summed E-state index contributed by atoms with van der Waals surface area (Å²) in [5, 5.41) is 7.79. The molecule has 2 atom stereocenters. The summed E-state index contributed by atoms with van der Waals surface area (Å²) in [7, 11) is 3.83. The number of pyridine rings is 2. The van der Waals surface area contributed by atoms with Crippen molar-refractivity contribution in [3.05, 3.63) is 89.7 Å². The minimum absolute atomic E-state index is 0.0327. The third kappa shape index (κ3) is 6.63. The number of piperazine rings is 1. The number of carbonyl (C=O) groups excluding carboxylic acids is 2. The average molecular weight is 606 g/mol. The first-order valence-corrected chi connectivity index (χ1v) is 15.8. The van der Waals surface area contributed by atoms with Crippen LogP contribution in [0.3, 0.4) is 0 Å². The van der Waals surface area contributed by atoms with E-state index in [2.05, 4.69) is 81.5 Å². The van der Waals surface area contributed by atoms with E-state index in [1.165, 1.54) is 5.56 Å². The second kappa shape index (κ2) is 12.5. The van der Waals surface area contributed by atoms with Crippen molar-refractivity contribution >= 4 is 39.9 Å². The standard InChI is InChI=1S/C36H43N7O2/c1-36(2,3)27-13-10-24(11-14-27)34(44)39-28-9-7-17-43(23-28)29-20-25-8-6-16-37-32(25)30(21-29)40-31-15-12-26(22-38-31)33-35(45)42(5)19-18-41(33)4/h6,8,10-16,20-22,28,33H,7,9,17-19,23H2,1-5H3,(H,38,40)(H,39,44). The van der Waals surface area contributed by atoms with Gasteiger partial charge in [-0.15, -0.1) is 0 Å². The number of carbonyl (C=O) groups is 2. The van der Waals surface area contributed by atoms with Crippen LogP contribution in [0.5, 0.6) is 0 Å². The summed E-state index contributed by atoms with van der Waals surface area (Å²) in [5.74, 6) is 0.738. The fourth-order valence-electron chi connectivity index (χ4n) is 6.29. The summed E-state index contributed by atoms with van der Waals surface area (Å²) in [5.41, 5.74) is 5.61. The number of nitrogens with zero attached hydrogens (tertiary/aromatic N) is 5. The number of hydrogen-bond donors (Lipinski definition) is 2. The van der Waals surface area contributed by atoms with Crippen molar-refractivity contribution < 1.29 is 9.59 Å². The van der Waals surface area contributed by atoms with Gasteiger partial charge in [-0.25, -0.2) is 4.98 Å². The molecule has 0 aliphatic carbocycles. The van der Waals surface area contributed by atoms with Crippen LogP contribution in [0.2, 0.25) is 0 Å². The van der Waals surface area contributed by atoms with Gasteiger partial charge in [0.15, 0.2) is 0 Å². The highest BCUT2D eigenvalue weighted by molar-refractivity contribution is 5.96. The van der Waals surface area contributed by atoms with Gasteiger partial charge in [0, 0.05) is 68.3 Å². The number of nitrogens with one attached hydrogen (secondary N) is 2. The number of anilines is 3. The molecule has 45 heavy (non-hydrogen) atoms. The molecular formula is C36H43N7O2. The van der Waals surface area contributed by atoms with Gasteiger partial charge in [0.2, 0.25) is 5.91 Å². The Labute approximate surface area is 265 Å². The number of aromatic nitrogens is 2. The Morgan fingerprint density at radius 2 is 1.76 bits per heavy atom. The van der Waals surface area contributed by atoms with Crippen LogP contribution in [0.1, 0.15) is 61.1 Å². The number of benzene rings is 2. The Morgan fingerprint density at radius 1 is 0.956 bits per heavy atom. The topological polar surface area (TPSA) is 93.7 Å². The molecule has 2 unspecified atom stereocenters. The van der Waals surface area contributed by atoms with Crippen molar-refractivity contribution in [3.8, 4) is 0 Å².